The fraction of sp³-hybridized carbons (Fsp3) is 0.355. The maximum atomic E-state index is 13.9. The molecule has 3 aromatic carbocycles. The zero-order valence-corrected chi connectivity index (χ0v) is 21.8. The van der Waals surface area contributed by atoms with Gasteiger partial charge < -0.3 is 19.6 Å². The lowest BCUT2D eigenvalue weighted by Gasteiger charge is -2.28. The molecule has 0 unspecified atom stereocenters. The van der Waals surface area contributed by atoms with Gasteiger partial charge in [0.1, 0.15) is 11.8 Å². The summed E-state index contributed by atoms with van der Waals surface area (Å²) in [5.74, 6) is -0.750. The summed E-state index contributed by atoms with van der Waals surface area (Å²) in [6, 6.07) is 24.7. The highest BCUT2D eigenvalue weighted by Crippen LogP contribution is 2.31. The Bertz CT molecular complexity index is 1160. The summed E-state index contributed by atoms with van der Waals surface area (Å²) >= 11 is 0. The number of likely N-dealkylation sites (tertiary alicyclic amines) is 1. The topological polar surface area (TPSA) is 70.1 Å². The van der Waals surface area contributed by atoms with E-state index >= 15 is 0 Å². The van der Waals surface area contributed by atoms with Gasteiger partial charge in [-0.25, -0.2) is 4.79 Å². The van der Waals surface area contributed by atoms with E-state index in [0.29, 0.717) is 13.0 Å². The van der Waals surface area contributed by atoms with E-state index in [0.717, 1.165) is 41.8 Å². The predicted molar refractivity (Wildman–Crippen MR) is 145 cm³/mol. The number of carboxylic acids is 1. The number of carbonyl (C=O) groups excluding carboxylic acids is 1. The molecule has 1 aliphatic heterocycles. The maximum absolute atomic E-state index is 13.9. The number of nitrogens with zero attached hydrogens (tertiary/aromatic N) is 2. The fourth-order valence-corrected chi connectivity index (χ4v) is 5.36. The minimum atomic E-state index is -0.946. The van der Waals surface area contributed by atoms with Crippen LogP contribution in [0, 0.1) is 6.92 Å². The number of benzene rings is 3. The molecule has 0 radical (unpaired) electrons. The third kappa shape index (κ3) is 6.20. The van der Waals surface area contributed by atoms with Crippen molar-refractivity contribution in [3.05, 3.63) is 101 Å². The van der Waals surface area contributed by atoms with Crippen molar-refractivity contribution in [3.63, 3.8) is 0 Å². The molecule has 0 aliphatic carbocycles. The molecule has 1 N–H and O–H groups in total. The van der Waals surface area contributed by atoms with Gasteiger partial charge in [-0.05, 0) is 68.1 Å². The van der Waals surface area contributed by atoms with E-state index in [1.807, 2.05) is 80.7 Å². The Morgan fingerprint density at radius 2 is 1.65 bits per heavy atom. The molecule has 0 saturated carbocycles. The molecule has 1 heterocycles. The van der Waals surface area contributed by atoms with Gasteiger partial charge in [-0.3, -0.25) is 4.79 Å². The van der Waals surface area contributed by atoms with Crippen LogP contribution in [0.5, 0.6) is 5.75 Å². The van der Waals surface area contributed by atoms with Crippen LogP contribution < -0.4 is 4.74 Å². The number of rotatable bonds is 10. The largest absolute Gasteiger partial charge is 0.496 e. The molecular weight excluding hydrogens is 464 g/mol. The van der Waals surface area contributed by atoms with Crippen LogP contribution in [0.4, 0.5) is 0 Å². The van der Waals surface area contributed by atoms with Crippen molar-refractivity contribution in [2.24, 2.45) is 0 Å². The zero-order chi connectivity index (χ0) is 26.4. The van der Waals surface area contributed by atoms with E-state index in [-0.39, 0.29) is 11.9 Å². The Balaban J connectivity index is 1.46. The standard InChI is InChI=1S/C31H36N2O4/c1-22-19-23(16-17-28(22)37-3)11-10-18-32(2)26-20-27(31(35)36)33(21-26)30(34)29(24-12-6-4-7-13-24)25-14-8-5-9-15-25/h4-9,12-17,19,26-27,29H,10-11,18,20-21H2,1-3H3,(H,35,36)/t26-,27-/m0/s1. The number of aryl methyl sites for hydroxylation is 2. The zero-order valence-electron chi connectivity index (χ0n) is 21.8. The summed E-state index contributed by atoms with van der Waals surface area (Å²) in [6.07, 6.45) is 2.30. The lowest BCUT2D eigenvalue weighted by atomic mass is 9.90. The van der Waals surface area contributed by atoms with Crippen molar-refractivity contribution in [1.29, 1.82) is 0 Å². The Kier molecular flexibility index (Phi) is 8.62. The van der Waals surface area contributed by atoms with Crippen molar-refractivity contribution in [1.82, 2.24) is 9.80 Å². The molecule has 0 aromatic heterocycles. The number of hydrogen-bond acceptors (Lipinski definition) is 4. The van der Waals surface area contributed by atoms with Gasteiger partial charge in [0.15, 0.2) is 0 Å². The lowest BCUT2D eigenvalue weighted by Crippen LogP contribution is -2.43. The van der Waals surface area contributed by atoms with Crippen LogP contribution in [0.3, 0.4) is 0 Å². The molecule has 1 amide bonds. The minimum Gasteiger partial charge on any atom is -0.496 e. The first-order chi connectivity index (χ1) is 17.9. The number of carboxylic acid groups (broad SMARTS) is 1. The predicted octanol–water partition coefficient (Wildman–Crippen LogP) is 4.75. The Labute approximate surface area is 219 Å². The Hall–Kier alpha value is -3.64. The average Bonchev–Trinajstić information content (AvgIpc) is 3.36. The monoisotopic (exact) mass is 500 g/mol. The van der Waals surface area contributed by atoms with Gasteiger partial charge in [0.25, 0.3) is 0 Å². The maximum Gasteiger partial charge on any atom is 0.326 e. The first-order valence-electron chi connectivity index (χ1n) is 12.9. The van der Waals surface area contributed by atoms with Crippen LogP contribution in [0.1, 0.15) is 41.0 Å². The van der Waals surface area contributed by atoms with Gasteiger partial charge in [-0.15, -0.1) is 0 Å². The average molecular weight is 501 g/mol. The van der Waals surface area contributed by atoms with E-state index in [4.69, 9.17) is 4.74 Å². The second kappa shape index (κ2) is 12.1. The van der Waals surface area contributed by atoms with Crippen LogP contribution in [0.2, 0.25) is 0 Å². The SMILES string of the molecule is COc1ccc(CCCN(C)[C@H]2C[C@@H](C(=O)O)N(C(=O)C(c3ccccc3)c3ccccc3)C2)cc1C. The quantitative estimate of drug-likeness (QED) is 0.435. The van der Waals surface area contributed by atoms with E-state index in [1.165, 1.54) is 5.56 Å². The molecule has 0 bridgehead atoms. The number of hydrogen-bond donors (Lipinski definition) is 1. The highest BCUT2D eigenvalue weighted by Gasteiger charge is 2.43. The summed E-state index contributed by atoms with van der Waals surface area (Å²) in [7, 11) is 3.71. The Morgan fingerprint density at radius 3 is 2.19 bits per heavy atom. The molecule has 1 aliphatic rings. The van der Waals surface area contributed by atoms with Crippen molar-refractivity contribution in [2.75, 3.05) is 27.2 Å². The van der Waals surface area contributed by atoms with Crippen LogP contribution >= 0.6 is 0 Å². The first-order valence-corrected chi connectivity index (χ1v) is 12.9. The van der Waals surface area contributed by atoms with Crippen LogP contribution in [0.15, 0.2) is 78.9 Å². The van der Waals surface area contributed by atoms with Crippen LogP contribution in [-0.4, -0.2) is 66.1 Å². The van der Waals surface area contributed by atoms with Crippen molar-refractivity contribution in [2.45, 2.75) is 44.2 Å². The minimum absolute atomic E-state index is 0.00477. The summed E-state index contributed by atoms with van der Waals surface area (Å²) in [5.41, 5.74) is 4.12. The van der Waals surface area contributed by atoms with Crippen LogP contribution in [-0.2, 0) is 16.0 Å². The molecule has 2 atom stereocenters. The van der Waals surface area contributed by atoms with Gasteiger partial charge in [-0.1, -0.05) is 72.8 Å². The summed E-state index contributed by atoms with van der Waals surface area (Å²) in [6.45, 7) is 3.28. The van der Waals surface area contributed by atoms with Gasteiger partial charge in [0, 0.05) is 12.6 Å². The number of methoxy groups -OCH3 is 1. The second-order valence-electron chi connectivity index (χ2n) is 9.88. The van der Waals surface area contributed by atoms with Crippen molar-refractivity contribution >= 4 is 11.9 Å². The first kappa shape index (κ1) is 26.4. The summed E-state index contributed by atoms with van der Waals surface area (Å²) in [4.78, 5) is 30.0. The van der Waals surface area contributed by atoms with Crippen LogP contribution in [0.25, 0.3) is 0 Å². The van der Waals surface area contributed by atoms with Crippen molar-refractivity contribution in [3.8, 4) is 5.75 Å². The van der Waals surface area contributed by atoms with E-state index in [9.17, 15) is 14.7 Å². The fourth-order valence-electron chi connectivity index (χ4n) is 5.36. The molecule has 37 heavy (non-hydrogen) atoms. The molecule has 0 spiro atoms. The van der Waals surface area contributed by atoms with Gasteiger partial charge in [0.2, 0.25) is 5.91 Å². The Morgan fingerprint density at radius 1 is 1.03 bits per heavy atom. The molecule has 194 valence electrons. The second-order valence-corrected chi connectivity index (χ2v) is 9.88. The van der Waals surface area contributed by atoms with E-state index in [2.05, 4.69) is 17.0 Å². The number of carbonyl (C=O) groups is 2. The smallest absolute Gasteiger partial charge is 0.326 e. The molecule has 1 fully saturated rings. The number of aliphatic carboxylic acids is 1. The number of amides is 1. The normalized spacial score (nSPS) is 17.4. The van der Waals surface area contributed by atoms with Gasteiger partial charge in [0.05, 0.1) is 13.0 Å². The number of ether oxygens (including phenoxy) is 1. The molecule has 6 heteroatoms. The number of likely N-dealkylation sites (N-methyl/N-ethyl adjacent to an activating group) is 1. The summed E-state index contributed by atoms with van der Waals surface area (Å²) in [5, 5.41) is 10.0. The third-order valence-corrected chi connectivity index (χ3v) is 7.42. The molecular formula is C31H36N2O4. The summed E-state index contributed by atoms with van der Waals surface area (Å²) < 4.78 is 5.35. The highest BCUT2D eigenvalue weighted by molar-refractivity contribution is 5.91. The van der Waals surface area contributed by atoms with Crippen molar-refractivity contribution < 1.29 is 19.4 Å². The van der Waals surface area contributed by atoms with Gasteiger partial charge in [-0.2, -0.15) is 0 Å². The van der Waals surface area contributed by atoms with E-state index in [1.54, 1.807) is 12.0 Å². The highest BCUT2D eigenvalue weighted by atomic mass is 16.5. The van der Waals surface area contributed by atoms with E-state index < -0.39 is 17.9 Å². The molecule has 4 rings (SSSR count). The lowest BCUT2D eigenvalue weighted by molar-refractivity contribution is -0.148. The molecule has 1 saturated heterocycles. The van der Waals surface area contributed by atoms with Gasteiger partial charge >= 0.3 is 5.97 Å². The third-order valence-electron chi connectivity index (χ3n) is 7.42. The molecule has 6 nitrogen and oxygen atoms in total. The molecule has 3 aromatic rings.